The van der Waals surface area contributed by atoms with Crippen LogP contribution in [0.5, 0.6) is 0 Å². The molecule has 1 amide bonds. The monoisotopic (exact) mass is 271 g/mol. The highest BCUT2D eigenvalue weighted by molar-refractivity contribution is 5.84. The summed E-state index contributed by atoms with van der Waals surface area (Å²) in [6.45, 7) is 5.74. The molecule has 1 unspecified atom stereocenters. The molecule has 1 heterocycles. The van der Waals surface area contributed by atoms with Crippen LogP contribution in [-0.4, -0.2) is 53.6 Å². The van der Waals surface area contributed by atoms with Crippen LogP contribution in [0.25, 0.3) is 0 Å². The number of carbonyl (C=O) groups excluding carboxylic acids is 1. The maximum absolute atomic E-state index is 11.8. The first-order chi connectivity index (χ1) is 8.88. The number of rotatable bonds is 6. The van der Waals surface area contributed by atoms with Crippen molar-refractivity contribution in [3.05, 3.63) is 0 Å². The van der Waals surface area contributed by atoms with E-state index < -0.39 is 12.0 Å². The zero-order chi connectivity index (χ0) is 14.4. The molecule has 4 N–H and O–H groups in total. The molecule has 0 spiro atoms. The summed E-state index contributed by atoms with van der Waals surface area (Å²) in [7, 11) is 0. The first-order valence-corrected chi connectivity index (χ1v) is 6.88. The van der Waals surface area contributed by atoms with Crippen molar-refractivity contribution in [3.63, 3.8) is 0 Å². The van der Waals surface area contributed by atoms with E-state index in [1.165, 1.54) is 0 Å². The summed E-state index contributed by atoms with van der Waals surface area (Å²) >= 11 is 0. The van der Waals surface area contributed by atoms with Gasteiger partial charge in [-0.15, -0.1) is 0 Å². The standard InChI is InChI=1S/C13H25N3O3/c1-9(2)7-11(13(18)19)15-12(17)8-16-5-3-10(14)4-6-16/h9-11H,3-8,14H2,1-2H3,(H,15,17)(H,18,19). The summed E-state index contributed by atoms with van der Waals surface area (Å²) in [6, 6.07) is -0.563. The molecule has 0 aliphatic carbocycles. The van der Waals surface area contributed by atoms with Gasteiger partial charge in [0.05, 0.1) is 6.54 Å². The minimum Gasteiger partial charge on any atom is -0.480 e. The Bertz CT molecular complexity index is 312. The van der Waals surface area contributed by atoms with Crippen LogP contribution >= 0.6 is 0 Å². The Balaban J connectivity index is 2.38. The molecule has 19 heavy (non-hydrogen) atoms. The number of nitrogens with two attached hydrogens (primary N) is 1. The van der Waals surface area contributed by atoms with Crippen LogP contribution in [-0.2, 0) is 9.59 Å². The first kappa shape index (κ1) is 15.9. The van der Waals surface area contributed by atoms with Crippen LogP contribution in [0.3, 0.4) is 0 Å². The third-order valence-electron chi connectivity index (χ3n) is 3.34. The Labute approximate surface area is 114 Å². The van der Waals surface area contributed by atoms with Crippen LogP contribution in [0.2, 0.25) is 0 Å². The Morgan fingerprint density at radius 1 is 1.37 bits per heavy atom. The second-order valence-electron chi connectivity index (χ2n) is 5.70. The second-order valence-corrected chi connectivity index (χ2v) is 5.70. The normalized spacial score (nSPS) is 19.4. The summed E-state index contributed by atoms with van der Waals surface area (Å²) in [5.41, 5.74) is 5.80. The highest BCUT2D eigenvalue weighted by Crippen LogP contribution is 2.08. The summed E-state index contributed by atoms with van der Waals surface area (Å²) in [5.74, 6) is -0.958. The van der Waals surface area contributed by atoms with E-state index in [1.807, 2.05) is 18.7 Å². The van der Waals surface area contributed by atoms with Crippen LogP contribution in [0.4, 0.5) is 0 Å². The highest BCUT2D eigenvalue weighted by atomic mass is 16.4. The van der Waals surface area contributed by atoms with Crippen molar-refractivity contribution in [1.82, 2.24) is 10.2 Å². The van der Waals surface area contributed by atoms with E-state index in [-0.39, 0.29) is 24.4 Å². The number of carboxylic acids is 1. The van der Waals surface area contributed by atoms with Crippen molar-refractivity contribution in [2.24, 2.45) is 11.7 Å². The molecule has 0 radical (unpaired) electrons. The number of carbonyl (C=O) groups is 2. The van der Waals surface area contributed by atoms with E-state index in [0.717, 1.165) is 25.9 Å². The van der Waals surface area contributed by atoms with E-state index in [9.17, 15) is 9.59 Å². The van der Waals surface area contributed by atoms with Gasteiger partial charge in [0.1, 0.15) is 6.04 Å². The van der Waals surface area contributed by atoms with Crippen molar-refractivity contribution in [2.45, 2.75) is 45.2 Å². The Morgan fingerprint density at radius 2 is 1.95 bits per heavy atom. The molecular weight excluding hydrogens is 246 g/mol. The van der Waals surface area contributed by atoms with Gasteiger partial charge in [0.25, 0.3) is 0 Å². The van der Waals surface area contributed by atoms with Gasteiger partial charge in [0, 0.05) is 19.1 Å². The van der Waals surface area contributed by atoms with Gasteiger partial charge >= 0.3 is 5.97 Å². The lowest BCUT2D eigenvalue weighted by molar-refractivity contribution is -0.142. The Morgan fingerprint density at radius 3 is 2.42 bits per heavy atom. The largest absolute Gasteiger partial charge is 0.480 e. The van der Waals surface area contributed by atoms with Crippen LogP contribution < -0.4 is 11.1 Å². The smallest absolute Gasteiger partial charge is 0.326 e. The molecule has 6 heteroatoms. The second kappa shape index (κ2) is 7.45. The van der Waals surface area contributed by atoms with Gasteiger partial charge in [-0.2, -0.15) is 0 Å². The lowest BCUT2D eigenvalue weighted by atomic mass is 10.0. The van der Waals surface area contributed by atoms with Crippen molar-refractivity contribution >= 4 is 11.9 Å². The maximum Gasteiger partial charge on any atom is 0.326 e. The van der Waals surface area contributed by atoms with Crippen LogP contribution in [0.1, 0.15) is 33.1 Å². The van der Waals surface area contributed by atoms with Gasteiger partial charge in [-0.05, 0) is 25.2 Å². The Kier molecular flexibility index (Phi) is 6.24. The zero-order valence-corrected chi connectivity index (χ0v) is 11.8. The molecule has 6 nitrogen and oxygen atoms in total. The lowest BCUT2D eigenvalue weighted by Gasteiger charge is -2.29. The molecule has 0 bridgehead atoms. The molecule has 1 fully saturated rings. The first-order valence-electron chi connectivity index (χ1n) is 6.88. The van der Waals surface area contributed by atoms with Crippen molar-refractivity contribution in [3.8, 4) is 0 Å². The van der Waals surface area contributed by atoms with Crippen molar-refractivity contribution in [2.75, 3.05) is 19.6 Å². The number of amides is 1. The van der Waals surface area contributed by atoms with E-state index in [0.29, 0.717) is 6.42 Å². The number of hydrogen-bond acceptors (Lipinski definition) is 4. The van der Waals surface area contributed by atoms with Crippen molar-refractivity contribution < 1.29 is 14.7 Å². The topological polar surface area (TPSA) is 95.7 Å². The van der Waals surface area contributed by atoms with Gasteiger partial charge in [-0.3, -0.25) is 9.69 Å². The number of likely N-dealkylation sites (tertiary alicyclic amines) is 1. The molecule has 1 atom stereocenters. The minimum absolute atomic E-state index is 0.219. The molecule has 1 rings (SSSR count). The number of aliphatic carboxylic acids is 1. The molecule has 1 saturated heterocycles. The zero-order valence-electron chi connectivity index (χ0n) is 11.8. The Hall–Kier alpha value is -1.14. The third kappa shape index (κ3) is 6.02. The van der Waals surface area contributed by atoms with Gasteiger partial charge in [0.2, 0.25) is 5.91 Å². The number of nitrogens with one attached hydrogen (secondary N) is 1. The molecule has 0 aromatic carbocycles. The fourth-order valence-corrected chi connectivity index (χ4v) is 2.25. The third-order valence-corrected chi connectivity index (χ3v) is 3.34. The summed E-state index contributed by atoms with van der Waals surface area (Å²) in [6.07, 6.45) is 2.23. The summed E-state index contributed by atoms with van der Waals surface area (Å²) in [5, 5.41) is 11.7. The number of carboxylic acid groups (broad SMARTS) is 1. The average Bonchev–Trinajstić information content (AvgIpc) is 2.30. The fraction of sp³-hybridized carbons (Fsp3) is 0.846. The number of hydrogen-bond donors (Lipinski definition) is 3. The molecule has 1 aliphatic rings. The van der Waals surface area contributed by atoms with Crippen LogP contribution in [0, 0.1) is 5.92 Å². The molecular formula is C13H25N3O3. The van der Waals surface area contributed by atoms with Gasteiger partial charge < -0.3 is 16.2 Å². The fourth-order valence-electron chi connectivity index (χ4n) is 2.25. The predicted octanol–water partition coefficient (Wildman–Crippen LogP) is 0.0250. The van der Waals surface area contributed by atoms with Gasteiger partial charge in [-0.1, -0.05) is 13.8 Å². The van der Waals surface area contributed by atoms with Crippen LogP contribution in [0.15, 0.2) is 0 Å². The predicted molar refractivity (Wildman–Crippen MR) is 72.7 cm³/mol. The average molecular weight is 271 g/mol. The van der Waals surface area contributed by atoms with E-state index in [4.69, 9.17) is 10.8 Å². The SMILES string of the molecule is CC(C)CC(NC(=O)CN1CCC(N)CC1)C(=O)O. The molecule has 0 saturated carbocycles. The minimum atomic E-state index is -0.970. The lowest BCUT2D eigenvalue weighted by Crippen LogP contribution is -2.48. The molecule has 0 aromatic rings. The summed E-state index contributed by atoms with van der Waals surface area (Å²) < 4.78 is 0. The molecule has 1 aliphatic heterocycles. The molecule has 0 aromatic heterocycles. The number of nitrogens with zero attached hydrogens (tertiary/aromatic N) is 1. The highest BCUT2D eigenvalue weighted by Gasteiger charge is 2.23. The van der Waals surface area contributed by atoms with Gasteiger partial charge in [0.15, 0.2) is 0 Å². The van der Waals surface area contributed by atoms with E-state index in [1.54, 1.807) is 0 Å². The van der Waals surface area contributed by atoms with E-state index >= 15 is 0 Å². The maximum atomic E-state index is 11.8. The van der Waals surface area contributed by atoms with E-state index in [2.05, 4.69) is 5.32 Å². The number of piperidine rings is 1. The summed E-state index contributed by atoms with van der Waals surface area (Å²) in [4.78, 5) is 24.9. The van der Waals surface area contributed by atoms with Gasteiger partial charge in [-0.25, -0.2) is 4.79 Å². The quantitative estimate of drug-likeness (QED) is 0.633. The molecule has 110 valence electrons. The van der Waals surface area contributed by atoms with Crippen molar-refractivity contribution in [1.29, 1.82) is 0 Å².